The molecule has 0 aliphatic carbocycles. The van der Waals surface area contributed by atoms with Gasteiger partial charge in [0.05, 0.1) is 6.61 Å². The fourth-order valence-electron chi connectivity index (χ4n) is 1.17. The number of nitrogens with zero attached hydrogens (tertiary/aromatic N) is 1. The molecule has 0 amide bonds. The SMILES string of the molecule is C=C.CN(CCO)c1ccc(S(C)=O)cc1. The Morgan fingerprint density at radius 3 is 2.19 bits per heavy atom. The van der Waals surface area contributed by atoms with Crippen LogP contribution < -0.4 is 4.90 Å². The maximum absolute atomic E-state index is 11.1. The smallest absolute Gasteiger partial charge is 0.0606 e. The first-order valence-corrected chi connectivity index (χ1v) is 6.46. The number of hydrogen-bond acceptors (Lipinski definition) is 3. The summed E-state index contributed by atoms with van der Waals surface area (Å²) in [7, 11) is 0.989. The number of aliphatic hydroxyl groups excluding tert-OH is 1. The highest BCUT2D eigenvalue weighted by Crippen LogP contribution is 2.14. The van der Waals surface area contributed by atoms with Crippen LogP contribution in [0.15, 0.2) is 42.3 Å². The number of rotatable bonds is 4. The molecule has 16 heavy (non-hydrogen) atoms. The first-order valence-electron chi connectivity index (χ1n) is 4.90. The lowest BCUT2D eigenvalue weighted by atomic mass is 10.3. The molecule has 4 heteroatoms. The Balaban J connectivity index is 0.00000106. The summed E-state index contributed by atoms with van der Waals surface area (Å²) in [5.74, 6) is 0. The molecular formula is C12H19NO2S. The third kappa shape index (κ3) is 4.59. The predicted molar refractivity (Wildman–Crippen MR) is 70.4 cm³/mol. The summed E-state index contributed by atoms with van der Waals surface area (Å²) < 4.78 is 11.1. The summed E-state index contributed by atoms with van der Waals surface area (Å²) in [4.78, 5) is 2.77. The van der Waals surface area contributed by atoms with E-state index in [-0.39, 0.29) is 6.61 Å². The number of aliphatic hydroxyl groups is 1. The van der Waals surface area contributed by atoms with Gasteiger partial charge < -0.3 is 10.0 Å². The van der Waals surface area contributed by atoms with Crippen molar-refractivity contribution in [3.63, 3.8) is 0 Å². The molecule has 0 spiro atoms. The van der Waals surface area contributed by atoms with Crippen LogP contribution >= 0.6 is 0 Å². The second-order valence-corrected chi connectivity index (χ2v) is 4.47. The van der Waals surface area contributed by atoms with E-state index in [9.17, 15) is 4.21 Å². The Labute approximate surface area is 99.9 Å². The molecule has 0 aromatic heterocycles. The van der Waals surface area contributed by atoms with E-state index in [1.54, 1.807) is 6.26 Å². The molecule has 0 bridgehead atoms. The molecule has 0 aliphatic heterocycles. The number of hydrogen-bond donors (Lipinski definition) is 1. The lowest BCUT2D eigenvalue weighted by Gasteiger charge is -2.17. The molecule has 0 fully saturated rings. The predicted octanol–water partition coefficient (Wildman–Crippen LogP) is 1.65. The van der Waals surface area contributed by atoms with E-state index in [1.807, 2.05) is 36.2 Å². The summed E-state index contributed by atoms with van der Waals surface area (Å²) in [5.41, 5.74) is 1.02. The van der Waals surface area contributed by atoms with Crippen molar-refractivity contribution < 1.29 is 9.32 Å². The standard InChI is InChI=1S/C10H15NO2S.C2H4/c1-11(7-8-12)9-3-5-10(6-4-9)14(2)13;1-2/h3-6,12H,7-8H2,1-2H3;1-2H2. The summed E-state index contributed by atoms with van der Waals surface area (Å²) >= 11 is 0. The molecule has 0 heterocycles. The van der Waals surface area contributed by atoms with Gasteiger partial charge in [-0.15, -0.1) is 13.2 Å². The van der Waals surface area contributed by atoms with Crippen molar-refractivity contribution in [3.8, 4) is 0 Å². The van der Waals surface area contributed by atoms with Crippen LogP contribution in [0.3, 0.4) is 0 Å². The van der Waals surface area contributed by atoms with Crippen LogP contribution in [0, 0.1) is 0 Å². The van der Waals surface area contributed by atoms with Crippen molar-refractivity contribution in [2.24, 2.45) is 0 Å². The first kappa shape index (κ1) is 14.9. The Kier molecular flexibility index (Phi) is 7.50. The minimum absolute atomic E-state index is 0.137. The van der Waals surface area contributed by atoms with E-state index in [2.05, 4.69) is 13.2 Å². The lowest BCUT2D eigenvalue weighted by Crippen LogP contribution is -2.20. The topological polar surface area (TPSA) is 40.5 Å². The Morgan fingerprint density at radius 2 is 1.81 bits per heavy atom. The third-order valence-corrected chi connectivity index (χ3v) is 2.98. The molecule has 0 saturated heterocycles. The van der Waals surface area contributed by atoms with E-state index < -0.39 is 10.8 Å². The molecule has 90 valence electrons. The summed E-state index contributed by atoms with van der Waals surface area (Å²) in [6.45, 7) is 6.74. The zero-order valence-electron chi connectivity index (χ0n) is 9.85. The molecule has 1 N–H and O–H groups in total. The first-order chi connectivity index (χ1) is 7.65. The van der Waals surface area contributed by atoms with Crippen LogP contribution in [0.4, 0.5) is 5.69 Å². The van der Waals surface area contributed by atoms with Crippen LogP contribution in [0.2, 0.25) is 0 Å². The average molecular weight is 241 g/mol. The zero-order chi connectivity index (χ0) is 12.6. The molecule has 1 atom stereocenters. The molecule has 1 unspecified atom stereocenters. The van der Waals surface area contributed by atoms with Crippen molar-refractivity contribution in [2.45, 2.75) is 4.90 Å². The van der Waals surface area contributed by atoms with Gasteiger partial charge in [-0.2, -0.15) is 0 Å². The van der Waals surface area contributed by atoms with Gasteiger partial charge in [0.15, 0.2) is 0 Å². The van der Waals surface area contributed by atoms with Crippen LogP contribution in [0.5, 0.6) is 0 Å². The van der Waals surface area contributed by atoms with E-state index in [0.717, 1.165) is 10.6 Å². The lowest BCUT2D eigenvalue weighted by molar-refractivity contribution is 0.304. The second-order valence-electron chi connectivity index (χ2n) is 3.09. The Morgan fingerprint density at radius 1 is 1.31 bits per heavy atom. The van der Waals surface area contributed by atoms with Gasteiger partial charge in [0.25, 0.3) is 0 Å². The van der Waals surface area contributed by atoms with Crippen molar-refractivity contribution in [2.75, 3.05) is 31.4 Å². The average Bonchev–Trinajstić information content (AvgIpc) is 2.32. The highest BCUT2D eigenvalue weighted by atomic mass is 32.2. The van der Waals surface area contributed by atoms with Gasteiger partial charge in [0.1, 0.15) is 0 Å². The molecule has 0 radical (unpaired) electrons. The molecule has 0 aliphatic rings. The minimum atomic E-state index is -0.922. The monoisotopic (exact) mass is 241 g/mol. The van der Waals surface area contributed by atoms with Crippen molar-refractivity contribution in [1.29, 1.82) is 0 Å². The van der Waals surface area contributed by atoms with Crippen LogP contribution in [0.25, 0.3) is 0 Å². The minimum Gasteiger partial charge on any atom is -0.395 e. The molecular weight excluding hydrogens is 222 g/mol. The van der Waals surface area contributed by atoms with E-state index in [1.165, 1.54) is 0 Å². The van der Waals surface area contributed by atoms with Gasteiger partial charge in [-0.3, -0.25) is 4.21 Å². The van der Waals surface area contributed by atoms with Crippen LogP contribution in [0.1, 0.15) is 0 Å². The largest absolute Gasteiger partial charge is 0.395 e. The van der Waals surface area contributed by atoms with Crippen molar-refractivity contribution in [1.82, 2.24) is 0 Å². The quantitative estimate of drug-likeness (QED) is 0.815. The van der Waals surface area contributed by atoms with Gasteiger partial charge in [-0.25, -0.2) is 0 Å². The summed E-state index contributed by atoms with van der Waals surface area (Å²) in [5, 5.41) is 8.75. The fraction of sp³-hybridized carbons (Fsp3) is 0.333. The van der Waals surface area contributed by atoms with E-state index in [4.69, 9.17) is 5.11 Å². The Hall–Kier alpha value is -1.13. The molecule has 0 saturated carbocycles. The number of likely N-dealkylation sites (N-methyl/N-ethyl adjacent to an activating group) is 1. The van der Waals surface area contributed by atoms with Gasteiger partial charge in [-0.1, -0.05) is 0 Å². The maximum Gasteiger partial charge on any atom is 0.0606 e. The normalized spacial score (nSPS) is 11.2. The summed E-state index contributed by atoms with van der Waals surface area (Å²) in [6, 6.07) is 7.51. The number of benzene rings is 1. The van der Waals surface area contributed by atoms with Crippen molar-refractivity contribution >= 4 is 16.5 Å². The van der Waals surface area contributed by atoms with E-state index in [0.29, 0.717) is 6.54 Å². The highest BCUT2D eigenvalue weighted by molar-refractivity contribution is 7.84. The van der Waals surface area contributed by atoms with Crippen LogP contribution in [-0.4, -0.2) is 35.8 Å². The molecule has 1 aromatic rings. The van der Waals surface area contributed by atoms with Crippen molar-refractivity contribution in [3.05, 3.63) is 37.4 Å². The van der Waals surface area contributed by atoms with E-state index >= 15 is 0 Å². The number of anilines is 1. The second kappa shape index (κ2) is 8.07. The maximum atomic E-state index is 11.1. The van der Waals surface area contributed by atoms with Gasteiger partial charge >= 0.3 is 0 Å². The van der Waals surface area contributed by atoms with Gasteiger partial charge in [0.2, 0.25) is 0 Å². The highest BCUT2D eigenvalue weighted by Gasteiger charge is 2.01. The Bertz CT molecular complexity index is 324. The van der Waals surface area contributed by atoms with Gasteiger partial charge in [-0.05, 0) is 24.3 Å². The zero-order valence-corrected chi connectivity index (χ0v) is 10.7. The fourth-order valence-corrected chi connectivity index (χ4v) is 1.69. The van der Waals surface area contributed by atoms with Crippen LogP contribution in [-0.2, 0) is 10.8 Å². The van der Waals surface area contributed by atoms with Gasteiger partial charge in [0, 0.05) is 41.2 Å². The third-order valence-electron chi connectivity index (χ3n) is 2.04. The molecule has 3 nitrogen and oxygen atoms in total. The molecule has 1 rings (SSSR count). The molecule has 1 aromatic carbocycles. The summed E-state index contributed by atoms with van der Waals surface area (Å²) in [6.07, 6.45) is 1.66.